The molecule has 0 saturated carbocycles. The first-order valence-corrected chi connectivity index (χ1v) is 3.79. The zero-order valence-electron chi connectivity index (χ0n) is 6.40. The van der Waals surface area contributed by atoms with E-state index in [1.807, 2.05) is 0 Å². The van der Waals surface area contributed by atoms with Crippen LogP contribution in [0.3, 0.4) is 0 Å². The van der Waals surface area contributed by atoms with Gasteiger partial charge in [-0.05, 0) is 13.0 Å². The van der Waals surface area contributed by atoms with Gasteiger partial charge in [0, 0.05) is 6.20 Å². The monoisotopic (exact) mass is 186 g/mol. The van der Waals surface area contributed by atoms with Crippen LogP contribution in [0.2, 0.25) is 0 Å². The molecule has 0 fully saturated rings. The molecule has 1 aromatic rings. The summed E-state index contributed by atoms with van der Waals surface area (Å²) < 4.78 is 0. The summed E-state index contributed by atoms with van der Waals surface area (Å²) in [5.74, 6) is 0. The molecule has 1 unspecified atom stereocenters. The van der Waals surface area contributed by atoms with Gasteiger partial charge in [-0.3, -0.25) is 15.1 Å². The summed E-state index contributed by atoms with van der Waals surface area (Å²) in [6, 6.07) is 1.55. The lowest BCUT2D eigenvalue weighted by atomic mass is 10.2. The van der Waals surface area contributed by atoms with Crippen LogP contribution < -0.4 is 0 Å². The van der Waals surface area contributed by atoms with Gasteiger partial charge in [-0.2, -0.15) is 0 Å². The van der Waals surface area contributed by atoms with Crippen molar-refractivity contribution in [3.63, 3.8) is 0 Å². The Morgan fingerprint density at radius 1 is 1.75 bits per heavy atom. The smallest absolute Gasteiger partial charge is 0.258 e. The number of alkyl halides is 1. The van der Waals surface area contributed by atoms with Crippen LogP contribution in [-0.2, 0) is 0 Å². The van der Waals surface area contributed by atoms with Crippen LogP contribution in [0.5, 0.6) is 0 Å². The molecule has 0 aliphatic heterocycles. The number of nitrogens with zero attached hydrogens (tertiary/aromatic N) is 2. The fourth-order valence-corrected chi connectivity index (χ4v) is 1.07. The molecule has 0 aromatic carbocycles. The summed E-state index contributed by atoms with van der Waals surface area (Å²) in [5, 5.41) is 10.1. The van der Waals surface area contributed by atoms with Gasteiger partial charge in [-0.1, -0.05) is 0 Å². The van der Waals surface area contributed by atoms with Crippen LogP contribution in [0, 0.1) is 10.1 Å². The summed E-state index contributed by atoms with van der Waals surface area (Å²) >= 11 is 5.72. The number of hydrogen-bond acceptors (Lipinski definition) is 3. The predicted octanol–water partition coefficient (Wildman–Crippen LogP) is 2.29. The van der Waals surface area contributed by atoms with Crippen LogP contribution in [-0.4, -0.2) is 9.91 Å². The topological polar surface area (TPSA) is 56.0 Å². The van der Waals surface area contributed by atoms with Crippen LogP contribution in [0.1, 0.15) is 17.9 Å². The largest absolute Gasteiger partial charge is 0.292 e. The molecule has 0 aliphatic carbocycles. The molecule has 12 heavy (non-hydrogen) atoms. The Kier molecular flexibility index (Phi) is 2.60. The van der Waals surface area contributed by atoms with Crippen molar-refractivity contribution in [3.05, 3.63) is 34.1 Å². The van der Waals surface area contributed by atoms with Crippen LogP contribution in [0.15, 0.2) is 18.5 Å². The van der Waals surface area contributed by atoms with E-state index in [1.165, 1.54) is 12.4 Å². The minimum Gasteiger partial charge on any atom is -0.258 e. The zero-order chi connectivity index (χ0) is 9.14. The van der Waals surface area contributed by atoms with Crippen molar-refractivity contribution in [2.45, 2.75) is 12.3 Å². The fourth-order valence-electron chi connectivity index (χ4n) is 0.886. The van der Waals surface area contributed by atoms with Crippen molar-refractivity contribution in [1.29, 1.82) is 0 Å². The van der Waals surface area contributed by atoms with Crippen molar-refractivity contribution in [2.24, 2.45) is 0 Å². The number of aromatic nitrogens is 1. The van der Waals surface area contributed by atoms with Crippen LogP contribution in [0.25, 0.3) is 0 Å². The third-order valence-electron chi connectivity index (χ3n) is 1.46. The van der Waals surface area contributed by atoms with Crippen molar-refractivity contribution in [1.82, 2.24) is 4.98 Å². The Hall–Kier alpha value is -1.16. The van der Waals surface area contributed by atoms with Crippen molar-refractivity contribution < 1.29 is 4.92 Å². The molecule has 1 aromatic heterocycles. The lowest BCUT2D eigenvalue weighted by Crippen LogP contribution is -1.96. The zero-order valence-corrected chi connectivity index (χ0v) is 7.15. The summed E-state index contributed by atoms with van der Waals surface area (Å²) in [6.45, 7) is 1.68. The summed E-state index contributed by atoms with van der Waals surface area (Å²) in [6.07, 6.45) is 2.69. The molecule has 0 bridgehead atoms. The van der Waals surface area contributed by atoms with E-state index in [4.69, 9.17) is 11.6 Å². The molecule has 5 heteroatoms. The molecule has 1 rings (SSSR count). The van der Waals surface area contributed by atoms with Gasteiger partial charge in [-0.25, -0.2) is 0 Å². The molecule has 0 N–H and O–H groups in total. The Morgan fingerprint density at radius 3 is 2.83 bits per heavy atom. The molecule has 0 radical (unpaired) electrons. The van der Waals surface area contributed by atoms with Crippen molar-refractivity contribution in [3.8, 4) is 0 Å². The maximum absolute atomic E-state index is 10.4. The minimum absolute atomic E-state index is 0.0278. The first kappa shape index (κ1) is 8.93. The molecule has 1 atom stereocenters. The van der Waals surface area contributed by atoms with Gasteiger partial charge in [0.05, 0.1) is 15.9 Å². The van der Waals surface area contributed by atoms with E-state index in [2.05, 4.69) is 4.98 Å². The SMILES string of the molecule is CC(Cl)c1ccncc1[N+](=O)[O-]. The molecule has 4 nitrogen and oxygen atoms in total. The van der Waals surface area contributed by atoms with Gasteiger partial charge in [0.1, 0.15) is 6.20 Å². The quantitative estimate of drug-likeness (QED) is 0.405. The number of pyridine rings is 1. The highest BCUT2D eigenvalue weighted by molar-refractivity contribution is 6.20. The average molecular weight is 187 g/mol. The van der Waals surface area contributed by atoms with Gasteiger partial charge >= 0.3 is 0 Å². The number of nitro groups is 1. The maximum Gasteiger partial charge on any atom is 0.292 e. The normalized spacial score (nSPS) is 12.5. The molecule has 0 aliphatic rings. The van der Waals surface area contributed by atoms with E-state index < -0.39 is 4.92 Å². The van der Waals surface area contributed by atoms with Gasteiger partial charge in [0.15, 0.2) is 0 Å². The second-order valence-corrected chi connectivity index (χ2v) is 2.96. The second kappa shape index (κ2) is 3.49. The highest BCUT2D eigenvalue weighted by atomic mass is 35.5. The minimum atomic E-state index is -0.485. The Labute approximate surface area is 74.3 Å². The highest BCUT2D eigenvalue weighted by Gasteiger charge is 2.16. The Bertz CT molecular complexity index is 301. The maximum atomic E-state index is 10.4. The molecule has 1 heterocycles. The van der Waals surface area contributed by atoms with Gasteiger partial charge in [0.2, 0.25) is 0 Å². The number of rotatable bonds is 2. The first-order chi connectivity index (χ1) is 5.63. The van der Waals surface area contributed by atoms with E-state index >= 15 is 0 Å². The third kappa shape index (κ3) is 1.71. The third-order valence-corrected chi connectivity index (χ3v) is 1.69. The highest BCUT2D eigenvalue weighted by Crippen LogP contribution is 2.27. The molecular weight excluding hydrogens is 180 g/mol. The lowest BCUT2D eigenvalue weighted by Gasteiger charge is -2.02. The summed E-state index contributed by atoms with van der Waals surface area (Å²) in [7, 11) is 0. The summed E-state index contributed by atoms with van der Waals surface area (Å²) in [5.41, 5.74) is 0.469. The van der Waals surface area contributed by atoms with Gasteiger partial charge < -0.3 is 0 Å². The standard InChI is InChI=1S/C7H7ClN2O2/c1-5(8)6-2-3-9-4-7(6)10(11)12/h2-5H,1H3. The first-order valence-electron chi connectivity index (χ1n) is 3.35. The molecular formula is C7H7ClN2O2. The van der Waals surface area contributed by atoms with E-state index in [1.54, 1.807) is 13.0 Å². The fraction of sp³-hybridized carbons (Fsp3) is 0.286. The lowest BCUT2D eigenvalue weighted by molar-refractivity contribution is -0.385. The van der Waals surface area contributed by atoms with Crippen molar-refractivity contribution >= 4 is 17.3 Å². The molecule has 0 spiro atoms. The van der Waals surface area contributed by atoms with Gasteiger partial charge in [0.25, 0.3) is 5.69 Å². The van der Waals surface area contributed by atoms with Crippen molar-refractivity contribution in [2.75, 3.05) is 0 Å². The molecule has 0 saturated heterocycles. The molecule has 0 amide bonds. The van der Waals surface area contributed by atoms with Crippen LogP contribution in [0.4, 0.5) is 5.69 Å². The molecule has 64 valence electrons. The Balaban J connectivity index is 3.17. The number of halogens is 1. The van der Waals surface area contributed by atoms with E-state index in [-0.39, 0.29) is 11.1 Å². The van der Waals surface area contributed by atoms with E-state index in [0.717, 1.165) is 0 Å². The Morgan fingerprint density at radius 2 is 2.42 bits per heavy atom. The van der Waals surface area contributed by atoms with E-state index in [0.29, 0.717) is 5.56 Å². The van der Waals surface area contributed by atoms with Gasteiger partial charge in [-0.15, -0.1) is 11.6 Å². The second-order valence-electron chi connectivity index (χ2n) is 2.31. The predicted molar refractivity (Wildman–Crippen MR) is 45.2 cm³/mol. The van der Waals surface area contributed by atoms with E-state index in [9.17, 15) is 10.1 Å². The summed E-state index contributed by atoms with van der Waals surface area (Å²) in [4.78, 5) is 13.6. The number of hydrogen-bond donors (Lipinski definition) is 0. The average Bonchev–Trinajstić information content (AvgIpc) is 2.04. The van der Waals surface area contributed by atoms with Crippen LogP contribution >= 0.6 is 11.6 Å².